The summed E-state index contributed by atoms with van der Waals surface area (Å²) in [5.41, 5.74) is 1.67. The Morgan fingerprint density at radius 3 is 2.82 bits per heavy atom. The molecule has 0 N–H and O–H groups in total. The van der Waals surface area contributed by atoms with E-state index in [1.54, 1.807) is 6.26 Å². The minimum absolute atomic E-state index is 0.00296. The molecule has 0 spiro atoms. The lowest BCUT2D eigenvalue weighted by Gasteiger charge is -2.19. The lowest BCUT2D eigenvalue weighted by atomic mass is 9.81. The summed E-state index contributed by atoms with van der Waals surface area (Å²) in [5.74, 6) is 0.619. The maximum Gasteiger partial charge on any atom is 0.147 e. The minimum atomic E-state index is -0.258. The van der Waals surface area contributed by atoms with Crippen molar-refractivity contribution in [3.63, 3.8) is 0 Å². The Morgan fingerprint density at radius 1 is 1.18 bits per heavy atom. The summed E-state index contributed by atoms with van der Waals surface area (Å²) in [6, 6.07) is 10.0. The Hall–Kier alpha value is -2.66. The molecule has 1 aromatic heterocycles. The molecule has 0 unspecified atom stereocenters. The summed E-state index contributed by atoms with van der Waals surface area (Å²) in [6.45, 7) is 1.66. The zero-order chi connectivity index (χ0) is 19.7. The number of carbonyl (C=O) groups excluding carboxylic acids is 2. The second kappa shape index (κ2) is 7.76. The van der Waals surface area contributed by atoms with Gasteiger partial charge in [0, 0.05) is 29.8 Å². The van der Waals surface area contributed by atoms with Gasteiger partial charge in [-0.2, -0.15) is 0 Å². The van der Waals surface area contributed by atoms with Gasteiger partial charge in [-0.3, -0.25) is 9.59 Å². The number of ether oxygens (including phenoxy) is 1. The topological polar surface area (TPSA) is 59.8 Å². The van der Waals surface area contributed by atoms with Crippen molar-refractivity contribution in [2.24, 2.45) is 0 Å². The summed E-state index contributed by atoms with van der Waals surface area (Å²) in [6.07, 6.45) is 3.72. The summed E-state index contributed by atoms with van der Waals surface area (Å²) in [4.78, 5) is 26.2. The highest BCUT2D eigenvalue weighted by molar-refractivity contribution is 6.11. The van der Waals surface area contributed by atoms with Crippen LogP contribution < -0.4 is 4.74 Å². The van der Waals surface area contributed by atoms with Crippen molar-refractivity contribution >= 4 is 33.3 Å². The van der Waals surface area contributed by atoms with E-state index in [0.29, 0.717) is 19.4 Å². The van der Waals surface area contributed by atoms with Crippen LogP contribution in [0, 0.1) is 0 Å². The van der Waals surface area contributed by atoms with Crippen LogP contribution >= 0.6 is 0 Å². The summed E-state index contributed by atoms with van der Waals surface area (Å²) in [7, 11) is 4.10. The minimum Gasteiger partial charge on any atom is -0.494 e. The number of hydrogen-bond donors (Lipinski definition) is 0. The second-order valence-electron chi connectivity index (χ2n) is 7.79. The normalized spacial score (nSPS) is 17.8. The lowest BCUT2D eigenvalue weighted by molar-refractivity contribution is -0.130. The van der Waals surface area contributed by atoms with Crippen molar-refractivity contribution in [2.45, 2.75) is 31.6 Å². The van der Waals surface area contributed by atoms with Crippen LogP contribution in [0.3, 0.4) is 0 Å². The Bertz CT molecular complexity index is 1030. The summed E-state index contributed by atoms with van der Waals surface area (Å²) < 4.78 is 11.6. The quantitative estimate of drug-likeness (QED) is 0.471. The number of ketones is 2. The van der Waals surface area contributed by atoms with Crippen LogP contribution in [0.1, 0.15) is 37.2 Å². The number of nitrogens with zero attached hydrogens (tertiary/aromatic N) is 1. The van der Waals surface area contributed by atoms with E-state index in [-0.39, 0.29) is 23.9 Å². The maximum absolute atomic E-state index is 12.4. The predicted octanol–water partition coefficient (Wildman–Crippen LogP) is 4.32. The van der Waals surface area contributed by atoms with E-state index in [1.165, 1.54) is 0 Å². The molecule has 1 aliphatic carbocycles. The Morgan fingerprint density at radius 2 is 2.04 bits per heavy atom. The molecule has 0 aliphatic heterocycles. The number of benzene rings is 2. The van der Waals surface area contributed by atoms with E-state index in [0.717, 1.165) is 46.0 Å². The highest BCUT2D eigenvalue weighted by Gasteiger charge is 2.31. The van der Waals surface area contributed by atoms with Gasteiger partial charge in [-0.25, -0.2) is 0 Å². The van der Waals surface area contributed by atoms with Gasteiger partial charge in [-0.05, 0) is 62.0 Å². The van der Waals surface area contributed by atoms with Gasteiger partial charge < -0.3 is 14.1 Å². The van der Waals surface area contributed by atoms with Gasteiger partial charge >= 0.3 is 0 Å². The molecule has 4 rings (SSSR count). The first-order valence-corrected chi connectivity index (χ1v) is 9.79. The van der Waals surface area contributed by atoms with Gasteiger partial charge in [-0.1, -0.05) is 6.07 Å². The van der Waals surface area contributed by atoms with Gasteiger partial charge in [0.2, 0.25) is 0 Å². The molecule has 0 radical (unpaired) electrons. The van der Waals surface area contributed by atoms with Gasteiger partial charge in [0.15, 0.2) is 0 Å². The number of hydrogen-bond acceptors (Lipinski definition) is 5. The maximum atomic E-state index is 12.4. The van der Waals surface area contributed by atoms with E-state index in [9.17, 15) is 9.59 Å². The largest absolute Gasteiger partial charge is 0.494 e. The van der Waals surface area contributed by atoms with Crippen LogP contribution in [-0.2, 0) is 9.59 Å². The molecule has 2 aromatic carbocycles. The van der Waals surface area contributed by atoms with E-state index in [1.807, 2.05) is 30.3 Å². The number of fused-ring (bicyclic) bond motifs is 3. The van der Waals surface area contributed by atoms with Crippen molar-refractivity contribution < 1.29 is 18.7 Å². The molecule has 0 amide bonds. The first-order valence-electron chi connectivity index (χ1n) is 9.79. The van der Waals surface area contributed by atoms with Crippen molar-refractivity contribution in [1.82, 2.24) is 4.90 Å². The monoisotopic (exact) mass is 379 g/mol. The van der Waals surface area contributed by atoms with Crippen molar-refractivity contribution in [3.8, 4) is 5.75 Å². The fourth-order valence-corrected chi connectivity index (χ4v) is 3.99. The predicted molar refractivity (Wildman–Crippen MR) is 109 cm³/mol. The zero-order valence-electron chi connectivity index (χ0n) is 16.4. The molecule has 0 bridgehead atoms. The molecule has 1 saturated carbocycles. The van der Waals surface area contributed by atoms with Crippen molar-refractivity contribution in [3.05, 3.63) is 42.2 Å². The SMILES string of the molecule is CN(C)CCCOc1ccc2c(ccc3occ([C@H]4CCC(=O)CC4=O)c32)c1. The average molecular weight is 379 g/mol. The molecule has 5 heteroatoms. The van der Waals surface area contributed by atoms with Gasteiger partial charge in [-0.15, -0.1) is 0 Å². The molecular weight excluding hydrogens is 354 g/mol. The highest BCUT2D eigenvalue weighted by atomic mass is 16.5. The number of rotatable bonds is 6. The van der Waals surface area contributed by atoms with E-state index in [2.05, 4.69) is 19.0 Å². The number of carbonyl (C=O) groups is 2. The molecule has 1 heterocycles. The Balaban J connectivity index is 1.64. The van der Waals surface area contributed by atoms with Crippen LogP contribution in [0.4, 0.5) is 0 Å². The van der Waals surface area contributed by atoms with E-state index < -0.39 is 0 Å². The van der Waals surface area contributed by atoms with Gasteiger partial charge in [0.25, 0.3) is 0 Å². The summed E-state index contributed by atoms with van der Waals surface area (Å²) >= 11 is 0. The molecule has 5 nitrogen and oxygen atoms in total. The Kier molecular flexibility index (Phi) is 5.18. The fourth-order valence-electron chi connectivity index (χ4n) is 3.99. The molecule has 0 saturated heterocycles. The zero-order valence-corrected chi connectivity index (χ0v) is 16.4. The lowest BCUT2D eigenvalue weighted by Crippen LogP contribution is -2.22. The van der Waals surface area contributed by atoms with E-state index >= 15 is 0 Å². The molecule has 28 heavy (non-hydrogen) atoms. The van der Waals surface area contributed by atoms with Crippen LogP contribution in [0.25, 0.3) is 21.7 Å². The van der Waals surface area contributed by atoms with Crippen molar-refractivity contribution in [1.29, 1.82) is 0 Å². The van der Waals surface area contributed by atoms with Gasteiger partial charge in [0.05, 0.1) is 19.3 Å². The summed E-state index contributed by atoms with van der Waals surface area (Å²) in [5, 5.41) is 3.08. The second-order valence-corrected chi connectivity index (χ2v) is 7.79. The van der Waals surface area contributed by atoms with Crippen LogP contribution in [0.5, 0.6) is 5.75 Å². The standard InChI is InChI=1S/C23H25NO4/c1-24(2)10-3-11-27-17-6-8-18-15(12-17)4-9-22-23(18)20(14-28-22)19-7-5-16(25)13-21(19)26/h4,6,8-9,12,14,19H,3,5,7,10-11,13H2,1-2H3/t19-/m1/s1. The third kappa shape index (κ3) is 3.67. The molecule has 146 valence electrons. The number of furan rings is 1. The molecular formula is C23H25NO4. The smallest absolute Gasteiger partial charge is 0.147 e. The molecule has 1 atom stereocenters. The van der Waals surface area contributed by atoms with Crippen LogP contribution in [0.2, 0.25) is 0 Å². The van der Waals surface area contributed by atoms with Crippen LogP contribution in [0.15, 0.2) is 41.0 Å². The molecule has 1 aliphatic rings. The average Bonchev–Trinajstić information content (AvgIpc) is 3.09. The third-order valence-electron chi connectivity index (χ3n) is 5.42. The van der Waals surface area contributed by atoms with Gasteiger partial charge in [0.1, 0.15) is 22.9 Å². The van der Waals surface area contributed by atoms with Crippen LogP contribution in [-0.4, -0.2) is 43.7 Å². The Labute approximate surface area is 164 Å². The van der Waals surface area contributed by atoms with E-state index in [4.69, 9.17) is 9.15 Å². The number of Topliss-reactive ketones (excluding diaryl/α,β-unsaturated/α-hetero) is 2. The first-order chi connectivity index (χ1) is 13.5. The van der Waals surface area contributed by atoms with Crippen molar-refractivity contribution in [2.75, 3.05) is 27.2 Å². The third-order valence-corrected chi connectivity index (χ3v) is 5.42. The fraction of sp³-hybridized carbons (Fsp3) is 0.391. The first kappa shape index (κ1) is 18.7. The highest BCUT2D eigenvalue weighted by Crippen LogP contribution is 2.38. The molecule has 3 aromatic rings. The molecule has 1 fully saturated rings.